The number of likely N-dealkylation sites (N-methyl/N-ethyl adjacent to an activating group) is 1. The summed E-state index contributed by atoms with van der Waals surface area (Å²) in [5, 5.41) is 23.5. The number of aromatic nitrogens is 3. The summed E-state index contributed by atoms with van der Waals surface area (Å²) in [5.74, 6) is -5.94. The van der Waals surface area contributed by atoms with Crippen molar-refractivity contribution in [1.29, 1.82) is 0 Å². The number of methoxy groups -OCH3 is 1. The van der Waals surface area contributed by atoms with Crippen molar-refractivity contribution < 1.29 is 52.7 Å². The summed E-state index contributed by atoms with van der Waals surface area (Å²) in [6.45, 7) is 12.9. The average molecular weight is 779 g/mol. The second-order valence-electron chi connectivity index (χ2n) is 16.4. The molecule has 2 saturated heterocycles. The molecule has 13 atom stereocenters. The van der Waals surface area contributed by atoms with Gasteiger partial charge in [-0.2, -0.15) is 0 Å². The van der Waals surface area contributed by atoms with Crippen LogP contribution in [0.3, 0.4) is 0 Å². The molecule has 310 valence electrons. The number of rotatable bonds is 11. The minimum absolute atomic E-state index is 0.00231. The van der Waals surface area contributed by atoms with Gasteiger partial charge in [-0.3, -0.25) is 9.59 Å². The summed E-state index contributed by atoms with van der Waals surface area (Å²) < 4.78 is 49.2. The van der Waals surface area contributed by atoms with Gasteiger partial charge in [0, 0.05) is 50.3 Å². The highest BCUT2D eigenvalue weighted by atomic mass is 19.1. The largest absolute Gasteiger partial charge is 0.457 e. The molecule has 2 N–H and O–H groups in total. The number of fused-ring (bicyclic) bond motifs is 1. The normalized spacial score (nSPS) is 38.6. The third kappa shape index (κ3) is 9.62. The lowest BCUT2D eigenvalue weighted by molar-refractivity contribution is -0.295. The summed E-state index contributed by atoms with van der Waals surface area (Å²) in [6, 6.07) is 3.43. The summed E-state index contributed by atoms with van der Waals surface area (Å²) in [6.07, 6.45) is -1.35. The SMILES string of the molecule is CC[C@H]1OC(=O)[C@@](C)(F)C(=O)[C@H](C)[C@@H](O[C@@H]2O[C@H](C)C[C@H](N(C)C)[C@H]2O)[C@@](C)(OC)C[C@@H](C)C(=O)[C@H](C)C(OCCCCn2cnc3ncccc32)[C@]1(C)O. The van der Waals surface area contributed by atoms with Crippen LogP contribution in [0.5, 0.6) is 0 Å². The van der Waals surface area contributed by atoms with Crippen molar-refractivity contribution in [2.45, 2.75) is 154 Å². The number of ether oxygens (including phenoxy) is 5. The van der Waals surface area contributed by atoms with Crippen LogP contribution in [-0.4, -0.2) is 135 Å². The van der Waals surface area contributed by atoms with E-state index in [1.807, 2.05) is 42.6 Å². The molecule has 4 rings (SSSR count). The maximum atomic E-state index is 16.7. The quantitative estimate of drug-likeness (QED) is 0.190. The Morgan fingerprint density at radius 3 is 2.38 bits per heavy atom. The van der Waals surface area contributed by atoms with E-state index >= 15 is 4.39 Å². The fraction of sp³-hybridized carbons (Fsp3) is 0.775. The summed E-state index contributed by atoms with van der Waals surface area (Å²) in [5.41, 5.74) is -5.04. The van der Waals surface area contributed by atoms with E-state index < -0.39 is 77.1 Å². The number of carbonyl (C=O) groups excluding carboxylic acids is 3. The Hall–Kier alpha value is -2.92. The van der Waals surface area contributed by atoms with Crippen LogP contribution in [0.2, 0.25) is 0 Å². The second-order valence-corrected chi connectivity index (χ2v) is 16.4. The van der Waals surface area contributed by atoms with Gasteiger partial charge < -0.3 is 43.4 Å². The number of cyclic esters (lactones) is 1. The van der Waals surface area contributed by atoms with Crippen LogP contribution in [0.15, 0.2) is 24.7 Å². The lowest BCUT2D eigenvalue weighted by Crippen LogP contribution is -2.61. The Balaban J connectivity index is 1.66. The van der Waals surface area contributed by atoms with E-state index in [-0.39, 0.29) is 37.4 Å². The molecule has 0 aromatic carbocycles. The standard InChI is InChI=1S/C40H63FN4O10/c1-12-29-40(8,50)34(52-19-14-13-18-45-22-43-35-27(45)16-15-17-42-35)25(4)30(46)23(2)21-38(6,51-11)33(26(5)32(48)39(7,41)37(49)54-29)55-36-31(47)28(44(9)10)20-24(3)53-36/h15-17,22-26,28-29,31,33-34,36,47,50H,12-14,18-21H2,1-11H3/t23-,24-,25+,26+,28+,29-,31-,33-,34?,36+,38+,39+,40-/m1/s1. The molecule has 1 unspecified atom stereocenters. The van der Waals surface area contributed by atoms with Crippen molar-refractivity contribution in [1.82, 2.24) is 19.4 Å². The first kappa shape index (κ1) is 44.8. The molecular weight excluding hydrogens is 715 g/mol. The molecule has 4 heterocycles. The average Bonchev–Trinajstić information content (AvgIpc) is 3.55. The topological polar surface area (TPSA) is 172 Å². The highest BCUT2D eigenvalue weighted by molar-refractivity contribution is 6.07. The zero-order valence-electron chi connectivity index (χ0n) is 34.4. The lowest BCUT2D eigenvalue weighted by Gasteiger charge is -2.47. The number of aliphatic hydroxyl groups is 2. The minimum atomic E-state index is -3.18. The van der Waals surface area contributed by atoms with Crippen LogP contribution in [0.25, 0.3) is 11.2 Å². The van der Waals surface area contributed by atoms with Crippen molar-refractivity contribution in [3.8, 4) is 0 Å². The summed E-state index contributed by atoms with van der Waals surface area (Å²) in [7, 11) is 5.04. The monoisotopic (exact) mass is 778 g/mol. The molecular formula is C40H63FN4O10. The van der Waals surface area contributed by atoms with E-state index in [4.69, 9.17) is 23.7 Å². The Labute approximate surface area is 324 Å². The molecule has 2 fully saturated rings. The highest BCUT2D eigenvalue weighted by Gasteiger charge is 2.56. The van der Waals surface area contributed by atoms with Gasteiger partial charge in [0.05, 0.1) is 35.8 Å². The van der Waals surface area contributed by atoms with E-state index in [1.165, 1.54) is 21.0 Å². The number of hydrogen-bond acceptors (Lipinski definition) is 13. The van der Waals surface area contributed by atoms with Crippen molar-refractivity contribution in [2.75, 3.05) is 27.8 Å². The van der Waals surface area contributed by atoms with Crippen molar-refractivity contribution in [3.63, 3.8) is 0 Å². The number of aryl methyl sites for hydroxylation is 1. The number of Topliss-reactive ketones (excluding diaryl/α,β-unsaturated/α-hetero) is 2. The van der Waals surface area contributed by atoms with Gasteiger partial charge in [0.1, 0.15) is 23.6 Å². The van der Waals surface area contributed by atoms with E-state index in [2.05, 4.69) is 9.97 Å². The number of ketones is 2. The molecule has 0 amide bonds. The van der Waals surface area contributed by atoms with Crippen molar-refractivity contribution in [3.05, 3.63) is 24.7 Å². The number of unbranched alkanes of at least 4 members (excludes halogenated alkanes) is 1. The van der Waals surface area contributed by atoms with E-state index in [9.17, 15) is 24.6 Å². The van der Waals surface area contributed by atoms with Gasteiger partial charge in [0.25, 0.3) is 5.67 Å². The van der Waals surface area contributed by atoms with Gasteiger partial charge in [-0.05, 0) is 86.0 Å². The maximum Gasteiger partial charge on any atom is 0.351 e. The van der Waals surface area contributed by atoms with Gasteiger partial charge in [-0.25, -0.2) is 19.2 Å². The van der Waals surface area contributed by atoms with Gasteiger partial charge >= 0.3 is 5.97 Å². The fourth-order valence-electron chi connectivity index (χ4n) is 8.41. The molecule has 0 spiro atoms. The van der Waals surface area contributed by atoms with E-state index in [0.29, 0.717) is 31.5 Å². The second kappa shape index (κ2) is 18.1. The molecule has 14 nitrogen and oxygen atoms in total. The Morgan fingerprint density at radius 1 is 1.05 bits per heavy atom. The molecule has 55 heavy (non-hydrogen) atoms. The molecule has 0 aliphatic carbocycles. The first-order chi connectivity index (χ1) is 25.7. The molecule has 0 bridgehead atoms. The van der Waals surface area contributed by atoms with Gasteiger partial charge in [0.15, 0.2) is 17.7 Å². The number of alkyl halides is 1. The molecule has 2 aliphatic heterocycles. The van der Waals surface area contributed by atoms with Crippen LogP contribution < -0.4 is 0 Å². The van der Waals surface area contributed by atoms with Crippen molar-refractivity contribution >= 4 is 28.7 Å². The number of esters is 1. The predicted molar refractivity (Wildman–Crippen MR) is 202 cm³/mol. The third-order valence-electron chi connectivity index (χ3n) is 11.8. The lowest BCUT2D eigenvalue weighted by atomic mass is 9.74. The van der Waals surface area contributed by atoms with Gasteiger partial charge in [-0.15, -0.1) is 0 Å². The first-order valence-corrected chi connectivity index (χ1v) is 19.5. The van der Waals surface area contributed by atoms with Crippen LogP contribution in [0, 0.1) is 17.8 Å². The van der Waals surface area contributed by atoms with Crippen LogP contribution in [0.1, 0.15) is 87.5 Å². The van der Waals surface area contributed by atoms with Gasteiger partial charge in [-0.1, -0.05) is 27.7 Å². The molecule has 2 aromatic rings. The zero-order valence-corrected chi connectivity index (χ0v) is 34.4. The van der Waals surface area contributed by atoms with Crippen LogP contribution in [0.4, 0.5) is 4.39 Å². The molecule has 0 saturated carbocycles. The number of halogens is 1. The van der Waals surface area contributed by atoms with Gasteiger partial charge in [0.2, 0.25) is 0 Å². The van der Waals surface area contributed by atoms with E-state index in [1.54, 1.807) is 40.2 Å². The molecule has 2 aromatic heterocycles. The molecule has 2 aliphatic rings. The number of nitrogens with zero attached hydrogens (tertiary/aromatic N) is 4. The summed E-state index contributed by atoms with van der Waals surface area (Å²) in [4.78, 5) is 52.6. The van der Waals surface area contributed by atoms with Crippen LogP contribution >= 0.6 is 0 Å². The number of pyridine rings is 1. The van der Waals surface area contributed by atoms with Crippen molar-refractivity contribution in [2.24, 2.45) is 17.8 Å². The molecule has 0 radical (unpaired) electrons. The fourth-order valence-corrected chi connectivity index (χ4v) is 8.41. The zero-order chi connectivity index (χ0) is 41.0. The smallest absolute Gasteiger partial charge is 0.351 e. The predicted octanol–water partition coefficient (Wildman–Crippen LogP) is 4.06. The minimum Gasteiger partial charge on any atom is -0.457 e. The maximum absolute atomic E-state index is 16.7. The summed E-state index contributed by atoms with van der Waals surface area (Å²) >= 11 is 0. The number of imidazole rings is 1. The third-order valence-corrected chi connectivity index (χ3v) is 11.8. The van der Waals surface area contributed by atoms with Crippen LogP contribution in [-0.2, 0) is 44.6 Å². The Morgan fingerprint density at radius 2 is 1.75 bits per heavy atom. The number of hydrogen-bond donors (Lipinski definition) is 2. The number of aliphatic hydroxyl groups excluding tert-OH is 1. The number of carbonyl (C=O) groups is 3. The molecule has 15 heteroatoms. The Bertz CT molecular complexity index is 1620. The first-order valence-electron chi connectivity index (χ1n) is 19.5. The Kier molecular flexibility index (Phi) is 14.8. The van der Waals surface area contributed by atoms with E-state index in [0.717, 1.165) is 12.4 Å². The highest BCUT2D eigenvalue weighted by Crippen LogP contribution is 2.40.